The maximum Gasteiger partial charge on any atom is 0.219 e. The molecule has 0 saturated carbocycles. The van der Waals surface area contributed by atoms with Gasteiger partial charge in [0.25, 0.3) is 0 Å². The summed E-state index contributed by atoms with van der Waals surface area (Å²) in [5, 5.41) is 31.7. The van der Waals surface area contributed by atoms with E-state index in [-0.39, 0.29) is 18.4 Å². The molecule has 0 radical (unpaired) electrons. The van der Waals surface area contributed by atoms with Crippen LogP contribution in [0, 0.1) is 5.92 Å². The number of hydrogen-bond acceptors (Lipinski definition) is 6. The summed E-state index contributed by atoms with van der Waals surface area (Å²) in [4.78, 5) is 11.4. The Kier molecular flexibility index (Phi) is 9.66. The van der Waals surface area contributed by atoms with Crippen LogP contribution in [0.3, 0.4) is 0 Å². The second-order valence-electron chi connectivity index (χ2n) is 6.10. The highest BCUT2D eigenvalue weighted by Crippen LogP contribution is 2.26. The van der Waals surface area contributed by atoms with Crippen molar-refractivity contribution in [3.63, 3.8) is 0 Å². The monoisotopic (exact) mass is 333 g/mol. The second kappa shape index (κ2) is 10.9. The van der Waals surface area contributed by atoms with Crippen LogP contribution in [-0.2, 0) is 14.3 Å². The van der Waals surface area contributed by atoms with E-state index in [0.29, 0.717) is 13.0 Å². The number of aliphatic hydroxyl groups excluding tert-OH is 3. The van der Waals surface area contributed by atoms with Crippen LogP contribution in [0.1, 0.15) is 46.0 Å². The van der Waals surface area contributed by atoms with Crippen LogP contribution in [0.25, 0.3) is 0 Å². The third-order valence-corrected chi connectivity index (χ3v) is 4.09. The topological polar surface area (TPSA) is 108 Å². The summed E-state index contributed by atoms with van der Waals surface area (Å²) >= 11 is 0. The molecule has 1 aliphatic heterocycles. The van der Waals surface area contributed by atoms with Crippen molar-refractivity contribution in [2.24, 2.45) is 5.92 Å². The molecule has 0 spiro atoms. The molecule has 1 fully saturated rings. The third-order valence-electron chi connectivity index (χ3n) is 4.09. The fourth-order valence-corrected chi connectivity index (χ4v) is 2.53. The molecule has 0 bridgehead atoms. The van der Waals surface area contributed by atoms with Gasteiger partial charge in [0.2, 0.25) is 5.91 Å². The van der Waals surface area contributed by atoms with Gasteiger partial charge in [0.15, 0.2) is 6.29 Å². The molecule has 136 valence electrons. The minimum absolute atomic E-state index is 0.0832. The Labute approximate surface area is 138 Å². The Morgan fingerprint density at radius 2 is 1.96 bits per heavy atom. The lowest BCUT2D eigenvalue weighted by atomic mass is 9.92. The van der Waals surface area contributed by atoms with Gasteiger partial charge in [0.05, 0.1) is 12.7 Å². The molecule has 1 saturated heterocycles. The highest BCUT2D eigenvalue weighted by Gasteiger charge is 2.42. The first-order chi connectivity index (χ1) is 11.0. The van der Waals surface area contributed by atoms with Crippen molar-refractivity contribution in [3.05, 3.63) is 0 Å². The summed E-state index contributed by atoms with van der Waals surface area (Å²) < 4.78 is 11.1. The molecule has 0 aliphatic carbocycles. The van der Waals surface area contributed by atoms with Gasteiger partial charge in [0, 0.05) is 25.5 Å². The van der Waals surface area contributed by atoms with Crippen LogP contribution >= 0.6 is 0 Å². The molecular weight excluding hydrogens is 302 g/mol. The number of amides is 1. The Hall–Kier alpha value is -0.730. The average Bonchev–Trinajstić information content (AvgIpc) is 2.55. The summed E-state index contributed by atoms with van der Waals surface area (Å²) in [5.41, 5.74) is 0. The normalized spacial score (nSPS) is 31.1. The average molecular weight is 333 g/mol. The first-order valence-corrected chi connectivity index (χ1v) is 8.52. The highest BCUT2D eigenvalue weighted by atomic mass is 16.7. The number of ether oxygens (including phenoxy) is 2. The molecule has 0 aromatic carbocycles. The van der Waals surface area contributed by atoms with Gasteiger partial charge in [-0.3, -0.25) is 4.79 Å². The first kappa shape index (κ1) is 20.3. The number of nitrogens with one attached hydrogen (secondary N) is 1. The van der Waals surface area contributed by atoms with E-state index in [4.69, 9.17) is 14.6 Å². The van der Waals surface area contributed by atoms with Gasteiger partial charge in [0.1, 0.15) is 12.2 Å². The minimum atomic E-state index is -1.10. The Morgan fingerprint density at radius 3 is 2.61 bits per heavy atom. The molecule has 2 unspecified atom stereocenters. The standard InChI is InChI=1S/C16H31NO6/c1-3-8-17-13(19)7-5-4-6-9-22-16-11(2)14(20)15(21)12(10-18)23-16/h11-12,14-16,18,20-21H,3-10H2,1-2H3,(H,17,19)/t11?,12?,14-,15+,16-/m1/s1. The largest absolute Gasteiger partial charge is 0.394 e. The molecular formula is C16H31NO6. The third kappa shape index (κ3) is 6.73. The SMILES string of the molecule is CCCNC(=O)CCCCCO[C@@H]1OC(CO)[C@H](O)[C@H](O)C1C. The van der Waals surface area contributed by atoms with Crippen LogP contribution in [0.5, 0.6) is 0 Å². The van der Waals surface area contributed by atoms with Crippen molar-refractivity contribution in [1.29, 1.82) is 0 Å². The van der Waals surface area contributed by atoms with Crippen LogP contribution in [-0.4, -0.2) is 65.6 Å². The summed E-state index contributed by atoms with van der Waals surface area (Å²) in [6.07, 6.45) is 0.380. The lowest BCUT2D eigenvalue weighted by Gasteiger charge is -2.40. The van der Waals surface area contributed by atoms with Crippen molar-refractivity contribution in [3.8, 4) is 0 Å². The van der Waals surface area contributed by atoms with E-state index >= 15 is 0 Å². The van der Waals surface area contributed by atoms with E-state index in [1.165, 1.54) is 0 Å². The lowest BCUT2D eigenvalue weighted by Crippen LogP contribution is -2.55. The summed E-state index contributed by atoms with van der Waals surface area (Å²) in [5.74, 6) is -0.285. The lowest BCUT2D eigenvalue weighted by molar-refractivity contribution is -0.282. The summed E-state index contributed by atoms with van der Waals surface area (Å²) in [6, 6.07) is 0. The van der Waals surface area contributed by atoms with E-state index < -0.39 is 24.6 Å². The van der Waals surface area contributed by atoms with Crippen molar-refractivity contribution in [1.82, 2.24) is 5.32 Å². The number of unbranched alkanes of at least 4 members (excludes halogenated alkanes) is 2. The van der Waals surface area contributed by atoms with Crippen LogP contribution in [0.4, 0.5) is 0 Å². The summed E-state index contributed by atoms with van der Waals surface area (Å²) in [6.45, 7) is 4.57. The number of carbonyl (C=O) groups is 1. The van der Waals surface area contributed by atoms with Gasteiger partial charge in [-0.2, -0.15) is 0 Å². The number of aliphatic hydroxyl groups is 3. The molecule has 1 aliphatic rings. The smallest absolute Gasteiger partial charge is 0.219 e. The predicted octanol–water partition coefficient (Wildman–Crippen LogP) is 0.165. The van der Waals surface area contributed by atoms with Crippen LogP contribution < -0.4 is 5.32 Å². The van der Waals surface area contributed by atoms with Gasteiger partial charge in [-0.05, 0) is 19.3 Å². The highest BCUT2D eigenvalue weighted by molar-refractivity contribution is 5.75. The van der Waals surface area contributed by atoms with Crippen molar-refractivity contribution in [2.75, 3.05) is 19.8 Å². The van der Waals surface area contributed by atoms with E-state index in [2.05, 4.69) is 5.32 Å². The van der Waals surface area contributed by atoms with Gasteiger partial charge in [-0.15, -0.1) is 0 Å². The number of carbonyl (C=O) groups excluding carboxylic acids is 1. The fraction of sp³-hybridized carbons (Fsp3) is 0.938. The predicted molar refractivity (Wildman–Crippen MR) is 84.6 cm³/mol. The zero-order valence-electron chi connectivity index (χ0n) is 14.1. The fourth-order valence-electron chi connectivity index (χ4n) is 2.53. The van der Waals surface area contributed by atoms with E-state index in [9.17, 15) is 15.0 Å². The van der Waals surface area contributed by atoms with Gasteiger partial charge >= 0.3 is 0 Å². The molecule has 5 atom stereocenters. The van der Waals surface area contributed by atoms with E-state index in [0.717, 1.165) is 32.2 Å². The molecule has 0 aromatic rings. The molecule has 1 heterocycles. The minimum Gasteiger partial charge on any atom is -0.394 e. The maximum absolute atomic E-state index is 11.4. The van der Waals surface area contributed by atoms with E-state index in [1.807, 2.05) is 6.92 Å². The zero-order chi connectivity index (χ0) is 17.2. The van der Waals surface area contributed by atoms with Gasteiger partial charge in [-0.25, -0.2) is 0 Å². The first-order valence-electron chi connectivity index (χ1n) is 8.52. The van der Waals surface area contributed by atoms with Gasteiger partial charge in [-0.1, -0.05) is 20.3 Å². The molecule has 1 amide bonds. The van der Waals surface area contributed by atoms with Crippen molar-refractivity contribution >= 4 is 5.91 Å². The van der Waals surface area contributed by atoms with Crippen molar-refractivity contribution < 1.29 is 29.6 Å². The molecule has 1 rings (SSSR count). The molecule has 7 heteroatoms. The maximum atomic E-state index is 11.4. The van der Waals surface area contributed by atoms with Crippen LogP contribution in [0.2, 0.25) is 0 Å². The molecule has 7 nitrogen and oxygen atoms in total. The van der Waals surface area contributed by atoms with Crippen LogP contribution in [0.15, 0.2) is 0 Å². The number of hydrogen-bond donors (Lipinski definition) is 4. The zero-order valence-corrected chi connectivity index (χ0v) is 14.1. The second-order valence-corrected chi connectivity index (χ2v) is 6.10. The Morgan fingerprint density at radius 1 is 1.22 bits per heavy atom. The molecule has 4 N–H and O–H groups in total. The Bertz CT molecular complexity index is 339. The quantitative estimate of drug-likeness (QED) is 0.424. The number of rotatable bonds is 10. The Balaban J connectivity index is 2.16. The van der Waals surface area contributed by atoms with Crippen molar-refractivity contribution in [2.45, 2.75) is 70.6 Å². The molecule has 0 aromatic heterocycles. The summed E-state index contributed by atoms with van der Waals surface area (Å²) in [7, 11) is 0. The van der Waals surface area contributed by atoms with E-state index in [1.54, 1.807) is 6.92 Å². The molecule has 23 heavy (non-hydrogen) atoms. The van der Waals surface area contributed by atoms with Gasteiger partial charge < -0.3 is 30.1 Å².